The number of nitrogens with zero attached hydrogens (tertiary/aromatic N) is 1. The maximum Gasteiger partial charge on any atom is 0.262 e. The van der Waals surface area contributed by atoms with Crippen LogP contribution in [-0.2, 0) is 0 Å². The SMILES string of the molecule is Cc1cccc(C(=O)N(c2ccccc2)c2ccccc2)c1. The van der Waals surface area contributed by atoms with E-state index in [1.165, 1.54) is 0 Å². The number of carbonyl (C=O) groups is 1. The summed E-state index contributed by atoms with van der Waals surface area (Å²) in [5.74, 6) is -0.0268. The monoisotopic (exact) mass is 287 g/mol. The number of para-hydroxylation sites is 2. The molecule has 3 rings (SSSR count). The van der Waals surface area contributed by atoms with E-state index in [1.807, 2.05) is 91.9 Å². The predicted molar refractivity (Wildman–Crippen MR) is 90.5 cm³/mol. The highest BCUT2D eigenvalue weighted by Crippen LogP contribution is 2.27. The Bertz CT molecular complexity index is 726. The summed E-state index contributed by atoms with van der Waals surface area (Å²) in [4.78, 5) is 14.8. The second-order valence-electron chi connectivity index (χ2n) is 5.18. The summed E-state index contributed by atoms with van der Waals surface area (Å²) in [7, 11) is 0. The molecule has 22 heavy (non-hydrogen) atoms. The van der Waals surface area contributed by atoms with Crippen molar-refractivity contribution in [2.45, 2.75) is 6.92 Å². The number of benzene rings is 3. The van der Waals surface area contributed by atoms with Gasteiger partial charge in [0.25, 0.3) is 5.91 Å². The number of anilines is 2. The van der Waals surface area contributed by atoms with Crippen molar-refractivity contribution in [2.24, 2.45) is 0 Å². The molecule has 0 bridgehead atoms. The second kappa shape index (κ2) is 6.27. The average Bonchev–Trinajstić information content (AvgIpc) is 2.57. The molecule has 0 aromatic heterocycles. The third kappa shape index (κ3) is 2.91. The minimum Gasteiger partial charge on any atom is -0.277 e. The van der Waals surface area contributed by atoms with E-state index < -0.39 is 0 Å². The molecule has 0 unspecified atom stereocenters. The molecule has 0 aliphatic carbocycles. The summed E-state index contributed by atoms with van der Waals surface area (Å²) < 4.78 is 0. The standard InChI is InChI=1S/C20H17NO/c1-16-9-8-10-17(15-16)20(22)21(18-11-4-2-5-12-18)19-13-6-3-7-14-19/h2-15H,1H3. The van der Waals surface area contributed by atoms with Crippen molar-refractivity contribution in [3.8, 4) is 0 Å². The lowest BCUT2D eigenvalue weighted by atomic mass is 10.1. The lowest BCUT2D eigenvalue weighted by Gasteiger charge is -2.23. The maximum absolute atomic E-state index is 13.0. The van der Waals surface area contributed by atoms with Gasteiger partial charge in [-0.1, -0.05) is 54.1 Å². The number of amides is 1. The van der Waals surface area contributed by atoms with Crippen LogP contribution >= 0.6 is 0 Å². The Kier molecular flexibility index (Phi) is 4.01. The average molecular weight is 287 g/mol. The van der Waals surface area contributed by atoms with E-state index in [0.29, 0.717) is 5.56 Å². The van der Waals surface area contributed by atoms with Crippen LogP contribution in [0.1, 0.15) is 15.9 Å². The predicted octanol–water partition coefficient (Wildman–Crippen LogP) is 4.97. The largest absolute Gasteiger partial charge is 0.277 e. The Morgan fingerprint density at radius 1 is 0.727 bits per heavy atom. The lowest BCUT2D eigenvalue weighted by molar-refractivity contribution is 0.0999. The Labute approximate surface area is 130 Å². The van der Waals surface area contributed by atoms with Crippen molar-refractivity contribution in [3.05, 3.63) is 96.1 Å². The summed E-state index contributed by atoms with van der Waals surface area (Å²) >= 11 is 0. The quantitative estimate of drug-likeness (QED) is 0.665. The van der Waals surface area contributed by atoms with Gasteiger partial charge in [-0.05, 0) is 43.3 Å². The van der Waals surface area contributed by atoms with Gasteiger partial charge in [-0.3, -0.25) is 9.69 Å². The molecule has 3 aromatic rings. The molecule has 3 aromatic carbocycles. The van der Waals surface area contributed by atoms with E-state index in [2.05, 4.69) is 0 Å². The zero-order chi connectivity index (χ0) is 15.4. The van der Waals surface area contributed by atoms with Gasteiger partial charge >= 0.3 is 0 Å². The summed E-state index contributed by atoms with van der Waals surface area (Å²) in [5, 5.41) is 0. The maximum atomic E-state index is 13.0. The fraction of sp³-hybridized carbons (Fsp3) is 0.0500. The van der Waals surface area contributed by atoms with Crippen molar-refractivity contribution in [3.63, 3.8) is 0 Å². The molecule has 0 aliphatic heterocycles. The van der Waals surface area contributed by atoms with Gasteiger partial charge in [0.1, 0.15) is 0 Å². The van der Waals surface area contributed by atoms with Crippen molar-refractivity contribution < 1.29 is 4.79 Å². The van der Waals surface area contributed by atoms with Crippen LogP contribution in [0.25, 0.3) is 0 Å². The molecule has 0 spiro atoms. The fourth-order valence-electron chi connectivity index (χ4n) is 2.44. The third-order valence-electron chi connectivity index (χ3n) is 3.50. The Balaban J connectivity index is 2.08. The van der Waals surface area contributed by atoms with Gasteiger partial charge < -0.3 is 0 Å². The first-order chi connectivity index (χ1) is 10.8. The number of carbonyl (C=O) groups excluding carboxylic acids is 1. The van der Waals surface area contributed by atoms with Crippen molar-refractivity contribution in [2.75, 3.05) is 4.90 Å². The second-order valence-corrected chi connectivity index (χ2v) is 5.18. The summed E-state index contributed by atoms with van der Waals surface area (Å²) in [6.45, 7) is 1.99. The number of hydrogen-bond acceptors (Lipinski definition) is 1. The Morgan fingerprint density at radius 2 is 1.27 bits per heavy atom. The molecule has 108 valence electrons. The van der Waals surface area contributed by atoms with Crippen molar-refractivity contribution in [1.82, 2.24) is 0 Å². The van der Waals surface area contributed by atoms with Gasteiger partial charge in [0, 0.05) is 16.9 Å². The smallest absolute Gasteiger partial charge is 0.262 e. The van der Waals surface area contributed by atoms with Gasteiger partial charge in [-0.15, -0.1) is 0 Å². The molecule has 0 saturated heterocycles. The first-order valence-corrected chi connectivity index (χ1v) is 7.27. The molecule has 0 fully saturated rings. The first-order valence-electron chi connectivity index (χ1n) is 7.27. The van der Waals surface area contributed by atoms with Gasteiger partial charge in [0.05, 0.1) is 0 Å². The van der Waals surface area contributed by atoms with E-state index in [0.717, 1.165) is 16.9 Å². The summed E-state index contributed by atoms with van der Waals surface area (Å²) in [5.41, 5.74) is 3.49. The van der Waals surface area contributed by atoms with Gasteiger partial charge in [0.15, 0.2) is 0 Å². The molecule has 0 heterocycles. The van der Waals surface area contributed by atoms with E-state index in [4.69, 9.17) is 0 Å². The van der Waals surface area contributed by atoms with Crippen LogP contribution in [0.15, 0.2) is 84.9 Å². The molecule has 0 radical (unpaired) electrons. The first kappa shape index (κ1) is 14.1. The highest BCUT2D eigenvalue weighted by molar-refractivity contribution is 6.10. The molecule has 0 N–H and O–H groups in total. The topological polar surface area (TPSA) is 20.3 Å². The van der Waals surface area contributed by atoms with E-state index in [1.54, 1.807) is 4.90 Å². The molecule has 0 atom stereocenters. The minimum atomic E-state index is -0.0268. The summed E-state index contributed by atoms with van der Waals surface area (Å²) in [6, 6.07) is 27.1. The van der Waals surface area contributed by atoms with E-state index >= 15 is 0 Å². The molecule has 2 heteroatoms. The van der Waals surface area contributed by atoms with E-state index in [9.17, 15) is 4.79 Å². The zero-order valence-electron chi connectivity index (χ0n) is 12.4. The van der Waals surface area contributed by atoms with Crippen LogP contribution < -0.4 is 4.90 Å². The van der Waals surface area contributed by atoms with Crippen LogP contribution in [0.2, 0.25) is 0 Å². The molecule has 0 saturated carbocycles. The summed E-state index contributed by atoms with van der Waals surface area (Å²) in [6.07, 6.45) is 0. The van der Waals surface area contributed by atoms with Crippen LogP contribution in [0.4, 0.5) is 11.4 Å². The van der Waals surface area contributed by atoms with Crippen LogP contribution in [-0.4, -0.2) is 5.91 Å². The van der Waals surface area contributed by atoms with Gasteiger partial charge in [-0.2, -0.15) is 0 Å². The van der Waals surface area contributed by atoms with Crippen LogP contribution in [0, 0.1) is 6.92 Å². The van der Waals surface area contributed by atoms with Crippen molar-refractivity contribution >= 4 is 17.3 Å². The highest BCUT2D eigenvalue weighted by atomic mass is 16.2. The number of rotatable bonds is 3. The molecule has 1 amide bonds. The van der Waals surface area contributed by atoms with Crippen molar-refractivity contribution in [1.29, 1.82) is 0 Å². The third-order valence-corrected chi connectivity index (χ3v) is 3.50. The Hall–Kier alpha value is -2.87. The lowest BCUT2D eigenvalue weighted by Crippen LogP contribution is -2.25. The van der Waals surface area contributed by atoms with Crippen LogP contribution in [0.5, 0.6) is 0 Å². The Morgan fingerprint density at radius 3 is 1.77 bits per heavy atom. The molecule has 0 aliphatic rings. The van der Waals surface area contributed by atoms with Gasteiger partial charge in [0.2, 0.25) is 0 Å². The van der Waals surface area contributed by atoms with Gasteiger partial charge in [-0.25, -0.2) is 0 Å². The fourth-order valence-corrected chi connectivity index (χ4v) is 2.44. The molecular formula is C20H17NO. The number of aryl methyl sites for hydroxylation is 1. The number of hydrogen-bond donors (Lipinski definition) is 0. The van der Waals surface area contributed by atoms with Crippen LogP contribution in [0.3, 0.4) is 0 Å². The zero-order valence-corrected chi connectivity index (χ0v) is 12.4. The highest BCUT2D eigenvalue weighted by Gasteiger charge is 2.19. The molecular weight excluding hydrogens is 270 g/mol. The van der Waals surface area contributed by atoms with E-state index in [-0.39, 0.29) is 5.91 Å². The minimum absolute atomic E-state index is 0.0268. The molecule has 2 nitrogen and oxygen atoms in total. The normalized spacial score (nSPS) is 10.2.